The van der Waals surface area contributed by atoms with Crippen LogP contribution in [0.15, 0.2) is 30.6 Å². The van der Waals surface area contributed by atoms with Gasteiger partial charge in [-0.1, -0.05) is 12.1 Å². The second-order valence-corrected chi connectivity index (χ2v) is 5.24. The fourth-order valence-corrected chi connectivity index (χ4v) is 2.30. The highest BCUT2D eigenvalue weighted by Crippen LogP contribution is 2.11. The van der Waals surface area contributed by atoms with E-state index in [4.69, 9.17) is 0 Å². The molecule has 0 bridgehead atoms. The van der Waals surface area contributed by atoms with Crippen molar-refractivity contribution in [2.45, 2.75) is 38.8 Å². The molecule has 0 fully saturated rings. The number of aromatic nitrogens is 3. The summed E-state index contributed by atoms with van der Waals surface area (Å²) in [5, 5.41) is 7.51. The summed E-state index contributed by atoms with van der Waals surface area (Å²) in [5.41, 5.74) is 0.986. The topological polar surface area (TPSA) is 42.7 Å². The van der Waals surface area contributed by atoms with Crippen LogP contribution in [0, 0.1) is 5.82 Å². The van der Waals surface area contributed by atoms with Crippen molar-refractivity contribution in [2.75, 3.05) is 7.05 Å². The molecule has 0 amide bonds. The van der Waals surface area contributed by atoms with Gasteiger partial charge >= 0.3 is 0 Å². The zero-order valence-electron chi connectivity index (χ0n) is 12.2. The third-order valence-corrected chi connectivity index (χ3v) is 3.34. The fraction of sp³-hybridized carbons (Fsp3) is 0.467. The van der Waals surface area contributed by atoms with Gasteiger partial charge in [-0.15, -0.1) is 0 Å². The molecule has 1 aromatic heterocycles. The van der Waals surface area contributed by atoms with Crippen molar-refractivity contribution in [3.8, 4) is 0 Å². The van der Waals surface area contributed by atoms with E-state index >= 15 is 0 Å². The Labute approximate surface area is 119 Å². The van der Waals surface area contributed by atoms with Gasteiger partial charge in [-0.05, 0) is 45.0 Å². The summed E-state index contributed by atoms with van der Waals surface area (Å²) in [6.07, 6.45) is 3.12. The van der Waals surface area contributed by atoms with E-state index in [-0.39, 0.29) is 11.9 Å². The lowest BCUT2D eigenvalue weighted by Crippen LogP contribution is -2.31. The van der Waals surface area contributed by atoms with Gasteiger partial charge in [-0.2, -0.15) is 5.10 Å². The molecule has 20 heavy (non-hydrogen) atoms. The van der Waals surface area contributed by atoms with E-state index in [0.29, 0.717) is 6.04 Å². The van der Waals surface area contributed by atoms with Crippen LogP contribution in [0.5, 0.6) is 0 Å². The predicted molar refractivity (Wildman–Crippen MR) is 77.1 cm³/mol. The normalized spacial score (nSPS) is 12.8. The largest absolute Gasteiger partial charge is 0.316 e. The van der Waals surface area contributed by atoms with E-state index in [9.17, 15) is 4.39 Å². The lowest BCUT2D eigenvalue weighted by atomic mass is 10.0. The molecule has 1 N–H and O–H groups in total. The number of hydrogen-bond acceptors (Lipinski definition) is 3. The monoisotopic (exact) mass is 276 g/mol. The van der Waals surface area contributed by atoms with E-state index in [1.165, 1.54) is 6.07 Å². The minimum atomic E-state index is -0.192. The lowest BCUT2D eigenvalue weighted by molar-refractivity contribution is 0.469. The predicted octanol–water partition coefficient (Wildman–Crippen LogP) is 2.37. The number of nitrogens with one attached hydrogen (secondary N) is 1. The molecule has 1 atom stereocenters. The Balaban J connectivity index is 2.07. The number of likely N-dealkylation sites (N-methyl/N-ethyl adjacent to an activating group) is 1. The van der Waals surface area contributed by atoms with Gasteiger partial charge in [0.2, 0.25) is 0 Å². The molecule has 0 aliphatic carbocycles. The van der Waals surface area contributed by atoms with Crippen LogP contribution >= 0.6 is 0 Å². The highest BCUT2D eigenvalue weighted by Gasteiger charge is 2.14. The number of rotatable bonds is 6. The van der Waals surface area contributed by atoms with Crippen LogP contribution in [-0.2, 0) is 12.8 Å². The molecule has 1 aromatic carbocycles. The van der Waals surface area contributed by atoms with Crippen LogP contribution in [0.1, 0.15) is 31.3 Å². The highest BCUT2D eigenvalue weighted by atomic mass is 19.1. The summed E-state index contributed by atoms with van der Waals surface area (Å²) in [4.78, 5) is 4.32. The first-order valence-corrected chi connectivity index (χ1v) is 6.90. The average molecular weight is 276 g/mol. The Bertz CT molecular complexity index is 550. The Morgan fingerprint density at radius 2 is 2.10 bits per heavy atom. The van der Waals surface area contributed by atoms with Gasteiger partial charge in [0.25, 0.3) is 0 Å². The van der Waals surface area contributed by atoms with Crippen molar-refractivity contribution < 1.29 is 4.39 Å². The average Bonchev–Trinajstić information content (AvgIpc) is 2.86. The smallest absolute Gasteiger partial charge is 0.138 e. The lowest BCUT2D eigenvalue weighted by Gasteiger charge is -2.17. The first-order chi connectivity index (χ1) is 9.60. The van der Waals surface area contributed by atoms with Crippen LogP contribution in [-0.4, -0.2) is 27.9 Å². The maximum atomic E-state index is 13.2. The summed E-state index contributed by atoms with van der Waals surface area (Å²) in [6, 6.07) is 7.23. The Morgan fingerprint density at radius 3 is 2.75 bits per heavy atom. The number of benzene rings is 1. The second kappa shape index (κ2) is 6.61. The van der Waals surface area contributed by atoms with E-state index < -0.39 is 0 Å². The molecule has 2 rings (SSSR count). The van der Waals surface area contributed by atoms with Crippen molar-refractivity contribution in [2.24, 2.45) is 0 Å². The van der Waals surface area contributed by atoms with E-state index in [0.717, 1.165) is 24.2 Å². The summed E-state index contributed by atoms with van der Waals surface area (Å²) in [5.74, 6) is 0.762. The van der Waals surface area contributed by atoms with Gasteiger partial charge in [0.05, 0.1) is 0 Å². The van der Waals surface area contributed by atoms with Crippen molar-refractivity contribution in [1.29, 1.82) is 0 Å². The van der Waals surface area contributed by atoms with Crippen molar-refractivity contribution in [3.63, 3.8) is 0 Å². The summed E-state index contributed by atoms with van der Waals surface area (Å²) >= 11 is 0. The quantitative estimate of drug-likeness (QED) is 0.881. The molecular formula is C15H21FN4. The van der Waals surface area contributed by atoms with Gasteiger partial charge in [-0.25, -0.2) is 14.1 Å². The summed E-state index contributed by atoms with van der Waals surface area (Å²) in [7, 11) is 1.92. The van der Waals surface area contributed by atoms with Crippen molar-refractivity contribution in [1.82, 2.24) is 20.1 Å². The van der Waals surface area contributed by atoms with E-state index in [1.54, 1.807) is 18.5 Å². The Kier molecular flexibility index (Phi) is 4.84. The van der Waals surface area contributed by atoms with Gasteiger partial charge in [0, 0.05) is 18.5 Å². The number of hydrogen-bond donors (Lipinski definition) is 1. The maximum Gasteiger partial charge on any atom is 0.138 e. The number of nitrogens with zero attached hydrogens (tertiary/aromatic N) is 3. The Morgan fingerprint density at radius 1 is 1.30 bits per heavy atom. The fourth-order valence-electron chi connectivity index (χ4n) is 2.30. The molecule has 0 saturated heterocycles. The van der Waals surface area contributed by atoms with E-state index in [2.05, 4.69) is 29.2 Å². The maximum absolute atomic E-state index is 13.2. The molecular weight excluding hydrogens is 255 g/mol. The van der Waals surface area contributed by atoms with Crippen LogP contribution < -0.4 is 5.32 Å². The highest BCUT2D eigenvalue weighted by molar-refractivity contribution is 5.17. The molecule has 108 valence electrons. The molecule has 4 nitrogen and oxygen atoms in total. The molecule has 1 heterocycles. The van der Waals surface area contributed by atoms with Crippen molar-refractivity contribution in [3.05, 3.63) is 47.8 Å². The third kappa shape index (κ3) is 3.63. The van der Waals surface area contributed by atoms with Gasteiger partial charge in [0.1, 0.15) is 18.0 Å². The Hall–Kier alpha value is -1.75. The molecule has 2 aromatic rings. The number of halogens is 1. The van der Waals surface area contributed by atoms with Gasteiger partial charge in [0.15, 0.2) is 0 Å². The van der Waals surface area contributed by atoms with Crippen LogP contribution in [0.4, 0.5) is 4.39 Å². The molecule has 0 spiro atoms. The van der Waals surface area contributed by atoms with Crippen LogP contribution in [0.3, 0.4) is 0 Å². The molecule has 5 heteroatoms. The van der Waals surface area contributed by atoms with Crippen molar-refractivity contribution >= 4 is 0 Å². The molecule has 1 unspecified atom stereocenters. The zero-order chi connectivity index (χ0) is 14.5. The molecule has 0 aliphatic heterocycles. The second-order valence-electron chi connectivity index (χ2n) is 5.24. The third-order valence-electron chi connectivity index (χ3n) is 3.34. The molecule has 0 aliphatic rings. The standard InChI is InChI=1S/C15H21FN4/c1-11(2)20-15(18-10-19-20)9-14(17-3)8-12-5-4-6-13(16)7-12/h4-7,10-11,14,17H,8-9H2,1-3H3. The van der Waals surface area contributed by atoms with Crippen LogP contribution in [0.2, 0.25) is 0 Å². The van der Waals surface area contributed by atoms with Gasteiger partial charge < -0.3 is 5.32 Å². The summed E-state index contributed by atoms with van der Waals surface area (Å²) in [6.45, 7) is 4.16. The minimum Gasteiger partial charge on any atom is -0.316 e. The first-order valence-electron chi connectivity index (χ1n) is 6.90. The summed E-state index contributed by atoms with van der Waals surface area (Å²) < 4.78 is 15.1. The zero-order valence-corrected chi connectivity index (χ0v) is 12.2. The van der Waals surface area contributed by atoms with Crippen LogP contribution in [0.25, 0.3) is 0 Å². The minimum absolute atomic E-state index is 0.192. The SMILES string of the molecule is CNC(Cc1cccc(F)c1)Cc1ncnn1C(C)C. The first kappa shape index (κ1) is 14.7. The molecule has 0 saturated carbocycles. The van der Waals surface area contributed by atoms with E-state index in [1.807, 2.05) is 17.8 Å². The van der Waals surface area contributed by atoms with Gasteiger partial charge in [-0.3, -0.25) is 0 Å². The molecule has 0 radical (unpaired) electrons.